The number of rotatable bonds is 2. The average Bonchev–Trinajstić information content (AvgIpc) is 2.49. The van der Waals surface area contributed by atoms with E-state index in [-0.39, 0.29) is 0 Å². The molecule has 2 heterocycles. The Hall–Kier alpha value is -2.25. The Kier molecular flexibility index (Phi) is 3.67. The molecule has 4 amide bonds. The normalized spacial score (nSPS) is 23.0. The summed E-state index contributed by atoms with van der Waals surface area (Å²) < 4.78 is 0. The molecule has 7 nitrogen and oxygen atoms in total. The molecule has 0 saturated carbocycles. The first-order valence-electron chi connectivity index (χ1n) is 7.20. The van der Waals surface area contributed by atoms with Crippen LogP contribution in [-0.2, 0) is 15.1 Å². The Morgan fingerprint density at radius 3 is 2.09 bits per heavy atom. The summed E-state index contributed by atoms with van der Waals surface area (Å²) in [6.45, 7) is 0.788. The Morgan fingerprint density at radius 1 is 1.00 bits per heavy atom. The molecule has 3 N–H and O–H groups in total. The van der Waals surface area contributed by atoms with Gasteiger partial charge in [0.05, 0.1) is 6.10 Å². The van der Waals surface area contributed by atoms with Gasteiger partial charge in [-0.15, -0.1) is 0 Å². The Balaban J connectivity index is 2.08. The second kappa shape index (κ2) is 5.51. The number of hydrogen-bond donors (Lipinski definition) is 3. The SMILES string of the molecule is O=C1NC(=O)C(c2ccccc2)(N2CCC(O)CC2)C(=O)N1. The van der Waals surface area contributed by atoms with Crippen LogP contribution in [0, 0.1) is 0 Å². The third-order valence-electron chi connectivity index (χ3n) is 4.24. The molecular formula is C15H17N3O4. The number of carbonyl (C=O) groups excluding carboxylic acids is 3. The van der Waals surface area contributed by atoms with Crippen molar-refractivity contribution in [3.8, 4) is 0 Å². The summed E-state index contributed by atoms with van der Waals surface area (Å²) in [5.41, 5.74) is -1.07. The number of nitrogens with zero attached hydrogens (tertiary/aromatic N) is 1. The first kappa shape index (κ1) is 14.7. The van der Waals surface area contributed by atoms with E-state index in [4.69, 9.17) is 0 Å². The molecule has 0 bridgehead atoms. The van der Waals surface area contributed by atoms with Crippen molar-refractivity contribution in [2.75, 3.05) is 13.1 Å². The van der Waals surface area contributed by atoms with Crippen LogP contribution in [0.2, 0.25) is 0 Å². The molecule has 7 heteroatoms. The van der Waals surface area contributed by atoms with Gasteiger partial charge in [-0.2, -0.15) is 0 Å². The molecule has 0 unspecified atom stereocenters. The minimum Gasteiger partial charge on any atom is -0.393 e. The van der Waals surface area contributed by atoms with Gasteiger partial charge in [0.1, 0.15) is 0 Å². The number of barbiturate groups is 1. The molecule has 0 radical (unpaired) electrons. The van der Waals surface area contributed by atoms with Crippen molar-refractivity contribution in [1.82, 2.24) is 15.5 Å². The predicted octanol–water partition coefficient (Wildman–Crippen LogP) is -0.295. The molecule has 1 aromatic rings. The lowest BCUT2D eigenvalue weighted by atomic mass is 9.83. The molecule has 2 fully saturated rings. The Morgan fingerprint density at radius 2 is 1.55 bits per heavy atom. The molecule has 0 spiro atoms. The summed E-state index contributed by atoms with van der Waals surface area (Å²) in [6, 6.07) is 7.86. The molecule has 2 aliphatic rings. The first-order valence-corrected chi connectivity index (χ1v) is 7.20. The van der Waals surface area contributed by atoms with Crippen LogP contribution in [-0.4, -0.2) is 47.0 Å². The van der Waals surface area contributed by atoms with Crippen LogP contribution in [0.1, 0.15) is 18.4 Å². The average molecular weight is 303 g/mol. The zero-order valence-electron chi connectivity index (χ0n) is 11.9. The second-order valence-corrected chi connectivity index (χ2v) is 5.53. The van der Waals surface area contributed by atoms with Gasteiger partial charge in [-0.3, -0.25) is 25.1 Å². The Bertz CT molecular complexity index is 588. The zero-order valence-corrected chi connectivity index (χ0v) is 11.9. The molecule has 2 saturated heterocycles. The van der Waals surface area contributed by atoms with E-state index in [1.165, 1.54) is 0 Å². The molecule has 22 heavy (non-hydrogen) atoms. The summed E-state index contributed by atoms with van der Waals surface area (Å²) in [7, 11) is 0. The number of nitrogens with one attached hydrogen (secondary N) is 2. The number of benzene rings is 1. The van der Waals surface area contributed by atoms with Gasteiger partial charge in [0.2, 0.25) is 5.54 Å². The minimum atomic E-state index is -1.57. The fraction of sp³-hybridized carbons (Fsp3) is 0.400. The van der Waals surface area contributed by atoms with Crippen molar-refractivity contribution in [3.05, 3.63) is 35.9 Å². The van der Waals surface area contributed by atoms with E-state index in [9.17, 15) is 19.5 Å². The summed E-state index contributed by atoms with van der Waals surface area (Å²) in [6.07, 6.45) is 0.520. The van der Waals surface area contributed by atoms with Gasteiger partial charge in [0.25, 0.3) is 11.8 Å². The number of carbonyl (C=O) groups is 3. The fourth-order valence-corrected chi connectivity index (χ4v) is 3.13. The highest BCUT2D eigenvalue weighted by molar-refractivity contribution is 6.22. The molecule has 116 valence electrons. The highest BCUT2D eigenvalue weighted by Gasteiger charge is 2.56. The van der Waals surface area contributed by atoms with E-state index in [1.807, 2.05) is 0 Å². The first-order chi connectivity index (χ1) is 10.5. The van der Waals surface area contributed by atoms with Crippen LogP contribution < -0.4 is 10.6 Å². The predicted molar refractivity (Wildman–Crippen MR) is 76.6 cm³/mol. The Labute approximate surface area is 127 Å². The number of hydrogen-bond acceptors (Lipinski definition) is 5. The van der Waals surface area contributed by atoms with Crippen LogP contribution in [0.5, 0.6) is 0 Å². The lowest BCUT2D eigenvalue weighted by Crippen LogP contribution is -2.71. The van der Waals surface area contributed by atoms with Crippen molar-refractivity contribution >= 4 is 17.8 Å². The van der Waals surface area contributed by atoms with Crippen LogP contribution in [0.4, 0.5) is 4.79 Å². The number of aliphatic hydroxyl groups excluding tert-OH is 1. The maximum absolute atomic E-state index is 12.6. The smallest absolute Gasteiger partial charge is 0.328 e. The molecular weight excluding hydrogens is 286 g/mol. The standard InChI is InChI=1S/C15H17N3O4/c19-11-6-8-18(9-7-11)15(10-4-2-1-3-5-10)12(20)16-14(22)17-13(15)21/h1-5,11,19H,6-9H2,(H2,16,17,20,21,22). The van der Waals surface area contributed by atoms with E-state index in [1.54, 1.807) is 35.2 Å². The van der Waals surface area contributed by atoms with Crippen molar-refractivity contribution in [2.24, 2.45) is 0 Å². The topological polar surface area (TPSA) is 98.7 Å². The third kappa shape index (κ3) is 2.18. The number of amides is 4. The number of imide groups is 2. The number of likely N-dealkylation sites (tertiary alicyclic amines) is 1. The number of piperidine rings is 1. The van der Waals surface area contributed by atoms with Crippen molar-refractivity contribution in [3.63, 3.8) is 0 Å². The molecule has 0 aliphatic carbocycles. The lowest BCUT2D eigenvalue weighted by molar-refractivity contribution is -0.150. The monoisotopic (exact) mass is 303 g/mol. The van der Waals surface area contributed by atoms with Gasteiger partial charge in [-0.25, -0.2) is 4.79 Å². The van der Waals surface area contributed by atoms with Gasteiger partial charge < -0.3 is 5.11 Å². The van der Waals surface area contributed by atoms with Crippen molar-refractivity contribution in [1.29, 1.82) is 0 Å². The molecule has 3 rings (SSSR count). The van der Waals surface area contributed by atoms with Crippen LogP contribution in [0.15, 0.2) is 30.3 Å². The zero-order chi connectivity index (χ0) is 15.7. The van der Waals surface area contributed by atoms with E-state index in [0.29, 0.717) is 31.5 Å². The van der Waals surface area contributed by atoms with Crippen molar-refractivity contribution < 1.29 is 19.5 Å². The molecule has 0 aromatic heterocycles. The lowest BCUT2D eigenvalue weighted by Gasteiger charge is -2.45. The van der Waals surface area contributed by atoms with Gasteiger partial charge >= 0.3 is 6.03 Å². The van der Waals surface area contributed by atoms with Gasteiger partial charge in [-0.1, -0.05) is 30.3 Å². The molecule has 1 aromatic carbocycles. The van der Waals surface area contributed by atoms with E-state index < -0.39 is 29.5 Å². The van der Waals surface area contributed by atoms with Crippen LogP contribution >= 0.6 is 0 Å². The van der Waals surface area contributed by atoms with Gasteiger partial charge in [0.15, 0.2) is 0 Å². The van der Waals surface area contributed by atoms with Crippen LogP contribution in [0.25, 0.3) is 0 Å². The third-order valence-corrected chi connectivity index (χ3v) is 4.24. The molecule has 0 atom stereocenters. The fourth-order valence-electron chi connectivity index (χ4n) is 3.13. The molecule has 2 aliphatic heterocycles. The summed E-state index contributed by atoms with van der Waals surface area (Å²) >= 11 is 0. The maximum atomic E-state index is 12.6. The number of aliphatic hydroxyl groups is 1. The summed E-state index contributed by atoms with van der Waals surface area (Å²) in [4.78, 5) is 38.4. The number of urea groups is 1. The van der Waals surface area contributed by atoms with Crippen LogP contribution in [0.3, 0.4) is 0 Å². The van der Waals surface area contributed by atoms with Crippen molar-refractivity contribution in [2.45, 2.75) is 24.5 Å². The highest BCUT2D eigenvalue weighted by Crippen LogP contribution is 2.33. The summed E-state index contributed by atoms with van der Waals surface area (Å²) in [5, 5.41) is 14.1. The van der Waals surface area contributed by atoms with E-state index >= 15 is 0 Å². The van der Waals surface area contributed by atoms with E-state index in [0.717, 1.165) is 0 Å². The largest absolute Gasteiger partial charge is 0.393 e. The minimum absolute atomic E-state index is 0.394. The van der Waals surface area contributed by atoms with Gasteiger partial charge in [-0.05, 0) is 18.4 Å². The maximum Gasteiger partial charge on any atom is 0.328 e. The summed E-state index contributed by atoms with van der Waals surface area (Å²) in [5.74, 6) is -1.30. The second-order valence-electron chi connectivity index (χ2n) is 5.53. The quantitative estimate of drug-likeness (QED) is 0.652. The van der Waals surface area contributed by atoms with Gasteiger partial charge in [0, 0.05) is 13.1 Å². The van der Waals surface area contributed by atoms with E-state index in [2.05, 4.69) is 10.6 Å². The highest BCUT2D eigenvalue weighted by atomic mass is 16.3.